The minimum absolute atomic E-state index is 0.249. The molecule has 0 spiro atoms. The van der Waals surface area contributed by atoms with Crippen LogP contribution in [0.3, 0.4) is 0 Å². The smallest absolute Gasteiger partial charge is 0.327 e. The van der Waals surface area contributed by atoms with E-state index in [2.05, 4.69) is 22.6 Å². The molecule has 1 atom stereocenters. The van der Waals surface area contributed by atoms with Crippen LogP contribution in [0.4, 0.5) is 5.69 Å². The van der Waals surface area contributed by atoms with Crippen molar-refractivity contribution in [1.82, 2.24) is 0 Å². The van der Waals surface area contributed by atoms with Crippen molar-refractivity contribution in [3.8, 4) is 0 Å². The van der Waals surface area contributed by atoms with Gasteiger partial charge in [-0.1, -0.05) is 18.2 Å². The number of anilines is 1. The zero-order valence-corrected chi connectivity index (χ0v) is 13.2. The van der Waals surface area contributed by atoms with E-state index in [-0.39, 0.29) is 5.91 Å². The molecule has 1 amide bonds. The Kier molecular flexibility index (Phi) is 3.51. The summed E-state index contributed by atoms with van der Waals surface area (Å²) in [6.07, 6.45) is 0.360. The van der Waals surface area contributed by atoms with E-state index >= 15 is 0 Å². The normalized spacial score (nSPS) is 17.1. The maximum absolute atomic E-state index is 12.6. The van der Waals surface area contributed by atoms with E-state index in [9.17, 15) is 14.7 Å². The van der Waals surface area contributed by atoms with Gasteiger partial charge in [0.25, 0.3) is 5.91 Å². The Morgan fingerprint density at radius 2 is 2.10 bits per heavy atom. The third kappa shape index (κ3) is 2.22. The number of rotatable bonds is 2. The van der Waals surface area contributed by atoms with Crippen molar-refractivity contribution in [3.63, 3.8) is 0 Å². The van der Waals surface area contributed by atoms with Crippen LogP contribution in [-0.4, -0.2) is 23.0 Å². The molecule has 4 nitrogen and oxygen atoms in total. The standard InChI is InChI=1S/C14H10INO3S/c15-12-6-9(7-20-12)13(17)16-10-4-2-1-3-8(10)5-11(16)14(18)19/h1-4,6-7,11H,5H2,(H,18,19)/t11-/m0/s1. The van der Waals surface area contributed by atoms with Gasteiger partial charge >= 0.3 is 5.97 Å². The first-order valence-electron chi connectivity index (χ1n) is 5.96. The number of para-hydroxylation sites is 1. The van der Waals surface area contributed by atoms with Crippen LogP contribution in [0.5, 0.6) is 0 Å². The summed E-state index contributed by atoms with van der Waals surface area (Å²) in [6.45, 7) is 0. The van der Waals surface area contributed by atoms with Gasteiger partial charge in [0, 0.05) is 17.5 Å². The van der Waals surface area contributed by atoms with E-state index < -0.39 is 12.0 Å². The lowest BCUT2D eigenvalue weighted by Crippen LogP contribution is -2.42. The molecule has 1 aliphatic heterocycles. The minimum Gasteiger partial charge on any atom is -0.480 e. The number of halogens is 1. The maximum atomic E-state index is 12.6. The summed E-state index contributed by atoms with van der Waals surface area (Å²) in [5.74, 6) is -1.22. The van der Waals surface area contributed by atoms with Crippen molar-refractivity contribution >= 4 is 51.5 Å². The van der Waals surface area contributed by atoms with Gasteiger partial charge in [0.05, 0.1) is 8.45 Å². The zero-order valence-electron chi connectivity index (χ0n) is 10.2. The monoisotopic (exact) mass is 399 g/mol. The lowest BCUT2D eigenvalue weighted by atomic mass is 10.1. The van der Waals surface area contributed by atoms with E-state index in [0.717, 1.165) is 8.45 Å². The molecule has 0 saturated carbocycles. The van der Waals surface area contributed by atoms with E-state index in [4.69, 9.17) is 0 Å². The fourth-order valence-electron chi connectivity index (χ4n) is 2.40. The summed E-state index contributed by atoms with van der Waals surface area (Å²) in [4.78, 5) is 25.4. The first kappa shape index (κ1) is 13.6. The molecule has 2 heterocycles. The molecule has 0 bridgehead atoms. The van der Waals surface area contributed by atoms with Crippen LogP contribution in [0.1, 0.15) is 15.9 Å². The number of carboxylic acid groups (broad SMARTS) is 1. The van der Waals surface area contributed by atoms with E-state index in [1.54, 1.807) is 17.5 Å². The van der Waals surface area contributed by atoms with Crippen LogP contribution >= 0.6 is 33.9 Å². The van der Waals surface area contributed by atoms with Crippen LogP contribution < -0.4 is 4.90 Å². The molecular formula is C14H10INO3S. The highest BCUT2D eigenvalue weighted by Gasteiger charge is 2.38. The average molecular weight is 399 g/mol. The molecule has 20 heavy (non-hydrogen) atoms. The molecule has 6 heteroatoms. The number of fused-ring (bicyclic) bond motifs is 1. The third-order valence-electron chi connectivity index (χ3n) is 3.29. The first-order chi connectivity index (χ1) is 9.58. The van der Waals surface area contributed by atoms with Gasteiger partial charge in [0.2, 0.25) is 0 Å². The lowest BCUT2D eigenvalue weighted by Gasteiger charge is -2.22. The highest BCUT2D eigenvalue weighted by Crippen LogP contribution is 2.34. The second-order valence-corrected chi connectivity index (χ2v) is 7.31. The van der Waals surface area contributed by atoms with Crippen molar-refractivity contribution in [2.75, 3.05) is 4.90 Å². The summed E-state index contributed by atoms with van der Waals surface area (Å²) in [6, 6.07) is 8.31. The molecule has 0 aliphatic carbocycles. The second-order valence-electron chi connectivity index (χ2n) is 4.50. The number of amides is 1. The second kappa shape index (κ2) is 5.17. The molecular weight excluding hydrogens is 389 g/mol. The largest absolute Gasteiger partial charge is 0.480 e. The Balaban J connectivity index is 2.04. The Morgan fingerprint density at radius 3 is 2.75 bits per heavy atom. The van der Waals surface area contributed by atoms with Gasteiger partial charge in [-0.15, -0.1) is 11.3 Å². The summed E-state index contributed by atoms with van der Waals surface area (Å²) in [5.41, 5.74) is 2.15. The van der Waals surface area contributed by atoms with Gasteiger partial charge in [0.1, 0.15) is 6.04 Å². The molecule has 1 aliphatic rings. The average Bonchev–Trinajstić information content (AvgIpc) is 3.01. The number of hydrogen-bond acceptors (Lipinski definition) is 3. The summed E-state index contributed by atoms with van der Waals surface area (Å²) < 4.78 is 1.00. The zero-order chi connectivity index (χ0) is 14.3. The predicted molar refractivity (Wildman–Crippen MR) is 85.4 cm³/mol. The number of nitrogens with zero attached hydrogens (tertiary/aromatic N) is 1. The number of carboxylic acids is 1. The molecule has 0 fully saturated rings. The molecule has 0 unspecified atom stereocenters. The number of aliphatic carboxylic acids is 1. The highest BCUT2D eigenvalue weighted by molar-refractivity contribution is 14.1. The molecule has 1 aromatic heterocycles. The van der Waals surface area contributed by atoms with E-state index in [1.807, 2.05) is 18.2 Å². The summed E-state index contributed by atoms with van der Waals surface area (Å²) >= 11 is 3.62. The number of thiophene rings is 1. The number of carbonyl (C=O) groups is 2. The topological polar surface area (TPSA) is 57.6 Å². The Morgan fingerprint density at radius 1 is 1.35 bits per heavy atom. The van der Waals surface area contributed by atoms with E-state index in [0.29, 0.717) is 17.7 Å². The van der Waals surface area contributed by atoms with Crippen molar-refractivity contribution in [1.29, 1.82) is 0 Å². The molecule has 1 aromatic carbocycles. The van der Waals surface area contributed by atoms with Crippen LogP contribution in [0, 0.1) is 2.88 Å². The van der Waals surface area contributed by atoms with Gasteiger partial charge < -0.3 is 5.11 Å². The van der Waals surface area contributed by atoms with Crippen molar-refractivity contribution in [3.05, 3.63) is 49.7 Å². The summed E-state index contributed by atoms with van der Waals surface area (Å²) in [5, 5.41) is 11.1. The van der Waals surface area contributed by atoms with Crippen molar-refractivity contribution < 1.29 is 14.7 Å². The van der Waals surface area contributed by atoms with Crippen LogP contribution in [0.2, 0.25) is 0 Å². The molecule has 102 valence electrons. The Hall–Kier alpha value is -1.41. The summed E-state index contributed by atoms with van der Waals surface area (Å²) in [7, 11) is 0. The van der Waals surface area contributed by atoms with Gasteiger partial charge in [-0.2, -0.15) is 0 Å². The van der Waals surface area contributed by atoms with Crippen molar-refractivity contribution in [2.24, 2.45) is 0 Å². The Labute approximate surface area is 133 Å². The SMILES string of the molecule is O=C(O)[C@@H]1Cc2ccccc2N1C(=O)c1csc(I)c1. The Bertz CT molecular complexity index is 697. The molecule has 3 rings (SSSR count). The van der Waals surface area contributed by atoms with Gasteiger partial charge in [-0.05, 0) is 40.3 Å². The molecule has 0 saturated heterocycles. The van der Waals surface area contributed by atoms with Gasteiger partial charge in [-0.25, -0.2) is 4.79 Å². The van der Waals surface area contributed by atoms with Crippen LogP contribution in [0.25, 0.3) is 0 Å². The number of carbonyl (C=O) groups excluding carboxylic acids is 1. The molecule has 1 N–H and O–H groups in total. The molecule has 2 aromatic rings. The number of hydrogen-bond donors (Lipinski definition) is 1. The first-order valence-corrected chi connectivity index (χ1v) is 7.92. The quantitative estimate of drug-likeness (QED) is 0.791. The van der Waals surface area contributed by atoms with E-state index in [1.165, 1.54) is 16.2 Å². The van der Waals surface area contributed by atoms with Crippen molar-refractivity contribution in [2.45, 2.75) is 12.5 Å². The minimum atomic E-state index is -0.973. The lowest BCUT2D eigenvalue weighted by molar-refractivity contribution is -0.138. The van der Waals surface area contributed by atoms with Gasteiger partial charge in [-0.3, -0.25) is 9.69 Å². The maximum Gasteiger partial charge on any atom is 0.327 e. The highest BCUT2D eigenvalue weighted by atomic mass is 127. The third-order valence-corrected chi connectivity index (χ3v) is 5.08. The predicted octanol–water partition coefficient (Wildman–Crippen LogP) is 3.01. The fourth-order valence-corrected chi connectivity index (χ4v) is 3.72. The fraction of sp³-hybridized carbons (Fsp3) is 0.143. The van der Waals surface area contributed by atoms with Crippen LogP contribution in [-0.2, 0) is 11.2 Å². The number of benzene rings is 1. The van der Waals surface area contributed by atoms with Gasteiger partial charge in [0.15, 0.2) is 0 Å². The van der Waals surface area contributed by atoms with Crippen LogP contribution in [0.15, 0.2) is 35.7 Å². The molecule has 0 radical (unpaired) electrons.